The van der Waals surface area contributed by atoms with Crippen LogP contribution >= 0.6 is 11.8 Å². The van der Waals surface area contributed by atoms with E-state index in [0.29, 0.717) is 16.6 Å². The number of thioether (sulfide) groups is 1. The van der Waals surface area contributed by atoms with E-state index in [9.17, 15) is 13.2 Å². The predicted octanol–water partition coefficient (Wildman–Crippen LogP) is 2.03. The Labute approximate surface area is 173 Å². The lowest BCUT2D eigenvalue weighted by molar-refractivity contribution is -0.113. The second-order valence-electron chi connectivity index (χ2n) is 6.75. The fraction of sp³-hybridized carbons (Fsp3) is 0.333. The van der Waals surface area contributed by atoms with Crippen LogP contribution in [0, 0.1) is 20.8 Å². The van der Waals surface area contributed by atoms with E-state index in [4.69, 9.17) is 0 Å². The third-order valence-corrected chi connectivity index (χ3v) is 6.84. The van der Waals surface area contributed by atoms with E-state index in [1.807, 2.05) is 19.9 Å². The number of aromatic nitrogens is 4. The molecule has 0 aliphatic carbocycles. The third kappa shape index (κ3) is 4.57. The predicted molar refractivity (Wildman–Crippen MR) is 112 cm³/mol. The Morgan fingerprint density at radius 1 is 1.17 bits per heavy atom. The number of sulfonamides is 1. The van der Waals surface area contributed by atoms with Gasteiger partial charge in [-0.2, -0.15) is 4.98 Å². The molecule has 154 valence electrons. The highest BCUT2D eigenvalue weighted by atomic mass is 32.2. The Bertz CT molecular complexity index is 1190. The fourth-order valence-electron chi connectivity index (χ4n) is 2.63. The molecule has 0 aliphatic rings. The number of nitrogens with zero attached hydrogens (tertiary/aromatic N) is 5. The van der Waals surface area contributed by atoms with Gasteiger partial charge >= 0.3 is 0 Å². The molecule has 11 heteroatoms. The van der Waals surface area contributed by atoms with Gasteiger partial charge in [0.05, 0.1) is 10.6 Å². The van der Waals surface area contributed by atoms with E-state index >= 15 is 0 Å². The van der Waals surface area contributed by atoms with Crippen LogP contribution in [0.2, 0.25) is 0 Å². The molecular weight excluding hydrogens is 412 g/mol. The van der Waals surface area contributed by atoms with Crippen molar-refractivity contribution in [2.75, 3.05) is 25.2 Å². The summed E-state index contributed by atoms with van der Waals surface area (Å²) in [4.78, 5) is 21.2. The van der Waals surface area contributed by atoms with Crippen molar-refractivity contribution in [3.05, 3.63) is 41.2 Å². The van der Waals surface area contributed by atoms with Gasteiger partial charge in [-0.15, -0.1) is 5.10 Å². The van der Waals surface area contributed by atoms with Crippen molar-refractivity contribution >= 4 is 39.2 Å². The third-order valence-electron chi connectivity index (χ3n) is 4.19. The molecule has 0 fully saturated rings. The van der Waals surface area contributed by atoms with E-state index < -0.39 is 10.0 Å². The first-order valence-electron chi connectivity index (χ1n) is 8.75. The molecular formula is C18H22N6O3S2. The van der Waals surface area contributed by atoms with Crippen molar-refractivity contribution in [2.45, 2.75) is 30.8 Å². The maximum Gasteiger partial charge on any atom is 0.253 e. The second-order valence-corrected chi connectivity index (χ2v) is 9.84. The van der Waals surface area contributed by atoms with E-state index in [0.717, 1.165) is 21.3 Å². The lowest BCUT2D eigenvalue weighted by Gasteiger charge is -2.14. The van der Waals surface area contributed by atoms with Gasteiger partial charge in [-0.1, -0.05) is 17.8 Å². The number of fused-ring (bicyclic) bond motifs is 1. The Morgan fingerprint density at radius 2 is 1.90 bits per heavy atom. The smallest absolute Gasteiger partial charge is 0.253 e. The molecule has 9 nitrogen and oxygen atoms in total. The number of carbonyl (C=O) groups is 1. The molecule has 2 heterocycles. The van der Waals surface area contributed by atoms with Crippen molar-refractivity contribution in [3.63, 3.8) is 0 Å². The zero-order valence-corrected chi connectivity index (χ0v) is 18.4. The van der Waals surface area contributed by atoms with E-state index in [2.05, 4.69) is 20.4 Å². The number of benzene rings is 1. The van der Waals surface area contributed by atoms with Crippen LogP contribution in [0.1, 0.15) is 17.0 Å². The number of nitrogens with one attached hydrogen (secondary N) is 1. The summed E-state index contributed by atoms with van der Waals surface area (Å²) in [6, 6.07) is 6.55. The fourth-order valence-corrected chi connectivity index (χ4v) is 4.18. The first-order chi connectivity index (χ1) is 13.6. The number of amides is 1. The van der Waals surface area contributed by atoms with Crippen molar-refractivity contribution < 1.29 is 13.2 Å². The molecule has 0 saturated carbocycles. The van der Waals surface area contributed by atoms with Crippen LogP contribution in [0.25, 0.3) is 5.78 Å². The Kier molecular flexibility index (Phi) is 5.92. The summed E-state index contributed by atoms with van der Waals surface area (Å²) in [5.41, 5.74) is 2.97. The van der Waals surface area contributed by atoms with Crippen LogP contribution in [0.4, 0.5) is 5.69 Å². The zero-order valence-electron chi connectivity index (χ0n) is 16.8. The summed E-state index contributed by atoms with van der Waals surface area (Å²) in [5, 5.41) is 7.57. The number of hydrogen-bond acceptors (Lipinski definition) is 7. The van der Waals surface area contributed by atoms with Crippen LogP contribution in [0.3, 0.4) is 0 Å². The first-order valence-corrected chi connectivity index (χ1v) is 11.2. The van der Waals surface area contributed by atoms with Crippen LogP contribution in [-0.2, 0) is 14.8 Å². The maximum absolute atomic E-state index is 12.4. The Hall–Kier alpha value is -2.50. The van der Waals surface area contributed by atoms with Crippen LogP contribution < -0.4 is 5.32 Å². The molecule has 0 saturated heterocycles. The van der Waals surface area contributed by atoms with Gasteiger partial charge in [0.1, 0.15) is 0 Å². The van der Waals surface area contributed by atoms with Crippen molar-refractivity contribution in [1.29, 1.82) is 0 Å². The second kappa shape index (κ2) is 8.09. The van der Waals surface area contributed by atoms with Crippen LogP contribution in [0.15, 0.2) is 34.3 Å². The van der Waals surface area contributed by atoms with Gasteiger partial charge in [0.25, 0.3) is 5.78 Å². The van der Waals surface area contributed by atoms with Gasteiger partial charge in [0, 0.05) is 31.2 Å². The first kappa shape index (κ1) is 21.2. The van der Waals surface area contributed by atoms with E-state index in [1.165, 1.54) is 38.0 Å². The molecule has 0 atom stereocenters. The number of hydrogen-bond donors (Lipinski definition) is 1. The monoisotopic (exact) mass is 434 g/mol. The Morgan fingerprint density at radius 3 is 2.59 bits per heavy atom. The minimum atomic E-state index is -3.58. The van der Waals surface area contributed by atoms with E-state index in [1.54, 1.807) is 17.5 Å². The summed E-state index contributed by atoms with van der Waals surface area (Å²) in [6.07, 6.45) is 0. The van der Waals surface area contributed by atoms with Gasteiger partial charge in [0.2, 0.25) is 21.1 Å². The lowest BCUT2D eigenvalue weighted by atomic mass is 10.2. The molecule has 3 rings (SSSR count). The molecule has 0 spiro atoms. The van der Waals surface area contributed by atoms with Gasteiger partial charge in [0.15, 0.2) is 0 Å². The highest BCUT2D eigenvalue weighted by Crippen LogP contribution is 2.23. The summed E-state index contributed by atoms with van der Waals surface area (Å²) < 4.78 is 27.4. The highest BCUT2D eigenvalue weighted by molar-refractivity contribution is 7.99. The summed E-state index contributed by atoms with van der Waals surface area (Å²) in [6.45, 7) is 5.60. The molecule has 1 aromatic carbocycles. The van der Waals surface area contributed by atoms with Crippen molar-refractivity contribution in [1.82, 2.24) is 23.9 Å². The molecule has 1 N–H and O–H groups in total. The van der Waals surface area contributed by atoms with Gasteiger partial charge in [-0.05, 0) is 44.5 Å². The molecule has 0 unspecified atom stereocenters. The summed E-state index contributed by atoms with van der Waals surface area (Å²) in [7, 11) is -0.658. The molecule has 1 amide bonds. The molecule has 29 heavy (non-hydrogen) atoms. The number of aryl methyl sites for hydroxylation is 3. The van der Waals surface area contributed by atoms with Gasteiger partial charge in [-0.25, -0.2) is 22.2 Å². The largest absolute Gasteiger partial charge is 0.325 e. The molecule has 0 radical (unpaired) electrons. The van der Waals surface area contributed by atoms with Gasteiger partial charge in [-0.3, -0.25) is 4.79 Å². The number of anilines is 1. The van der Waals surface area contributed by atoms with Crippen molar-refractivity contribution in [2.24, 2.45) is 0 Å². The lowest BCUT2D eigenvalue weighted by Crippen LogP contribution is -2.22. The maximum atomic E-state index is 12.4. The minimum Gasteiger partial charge on any atom is -0.325 e. The normalized spacial score (nSPS) is 11.9. The summed E-state index contributed by atoms with van der Waals surface area (Å²) >= 11 is 1.19. The molecule has 0 aliphatic heterocycles. The molecule has 3 aromatic rings. The van der Waals surface area contributed by atoms with Crippen molar-refractivity contribution in [3.8, 4) is 0 Å². The number of rotatable bonds is 6. The minimum absolute atomic E-state index is 0.0824. The zero-order chi connectivity index (χ0) is 21.3. The Balaban J connectivity index is 1.72. The average molecular weight is 435 g/mol. The SMILES string of the molecule is Cc1cc(C)n2nc(SCC(=O)Nc3cc(S(=O)(=O)N(C)C)ccc3C)nc2n1. The quantitative estimate of drug-likeness (QED) is 0.591. The van der Waals surface area contributed by atoms with E-state index in [-0.39, 0.29) is 16.6 Å². The standard InChI is InChI=1S/C18H22N6O3S2/c1-11-6-7-14(29(26,27)23(4)5)9-15(11)20-16(25)10-28-18-21-17-19-12(2)8-13(3)24(17)22-18/h6-9H,10H2,1-5H3,(H,20,25). The highest BCUT2D eigenvalue weighted by Gasteiger charge is 2.19. The summed E-state index contributed by atoms with van der Waals surface area (Å²) in [5.74, 6) is 0.291. The average Bonchev–Trinajstić information content (AvgIpc) is 3.05. The molecule has 2 aromatic heterocycles. The molecule has 0 bridgehead atoms. The topological polar surface area (TPSA) is 110 Å². The van der Waals surface area contributed by atoms with Crippen LogP contribution in [-0.4, -0.2) is 58.1 Å². The van der Waals surface area contributed by atoms with Gasteiger partial charge < -0.3 is 5.32 Å². The van der Waals surface area contributed by atoms with Crippen LogP contribution in [0.5, 0.6) is 0 Å². The number of carbonyl (C=O) groups excluding carboxylic acids is 1.